The zero-order valence-corrected chi connectivity index (χ0v) is 11.5. The van der Waals surface area contributed by atoms with E-state index in [-0.39, 0.29) is 17.4 Å². The minimum atomic E-state index is -0.394. The normalized spacial score (nSPS) is 10.1. The maximum absolute atomic E-state index is 11.8. The topological polar surface area (TPSA) is 63.4 Å². The monoisotopic (exact) mass is 266 g/mol. The molecule has 0 spiro atoms. The van der Waals surface area contributed by atoms with Gasteiger partial charge in [0.25, 0.3) is 0 Å². The van der Waals surface area contributed by atoms with Crippen molar-refractivity contribution in [3.8, 4) is 0 Å². The van der Waals surface area contributed by atoms with Crippen molar-refractivity contribution < 1.29 is 9.59 Å². The zero-order valence-electron chi connectivity index (χ0n) is 10.7. The molecule has 1 aromatic rings. The van der Waals surface area contributed by atoms with Crippen LogP contribution < -0.4 is 5.73 Å². The SMILES string of the molecule is Cc1ccccc1CN(C)C(=O)CSCC(N)=O. The van der Waals surface area contributed by atoms with Crippen LogP contribution in [-0.4, -0.2) is 35.3 Å². The lowest BCUT2D eigenvalue weighted by Crippen LogP contribution is -2.28. The van der Waals surface area contributed by atoms with Crippen LogP contribution in [0.2, 0.25) is 0 Å². The summed E-state index contributed by atoms with van der Waals surface area (Å²) >= 11 is 1.25. The van der Waals surface area contributed by atoms with E-state index < -0.39 is 5.91 Å². The van der Waals surface area contributed by atoms with Crippen LogP contribution in [0.4, 0.5) is 0 Å². The Morgan fingerprint density at radius 2 is 1.94 bits per heavy atom. The van der Waals surface area contributed by atoms with Gasteiger partial charge in [0.05, 0.1) is 11.5 Å². The summed E-state index contributed by atoms with van der Waals surface area (Å²) in [6, 6.07) is 7.97. The Kier molecular flexibility index (Phi) is 5.71. The highest BCUT2D eigenvalue weighted by molar-refractivity contribution is 8.00. The van der Waals surface area contributed by atoms with Gasteiger partial charge < -0.3 is 10.6 Å². The maximum Gasteiger partial charge on any atom is 0.232 e. The summed E-state index contributed by atoms with van der Waals surface area (Å²) in [6.45, 7) is 2.61. The fourth-order valence-electron chi connectivity index (χ4n) is 1.48. The minimum Gasteiger partial charge on any atom is -0.369 e. The lowest BCUT2D eigenvalue weighted by molar-refractivity contribution is -0.127. The Balaban J connectivity index is 2.45. The van der Waals surface area contributed by atoms with Gasteiger partial charge in [-0.25, -0.2) is 0 Å². The molecule has 0 aromatic heterocycles. The highest BCUT2D eigenvalue weighted by atomic mass is 32.2. The number of primary amides is 1. The molecule has 18 heavy (non-hydrogen) atoms. The molecule has 0 atom stereocenters. The molecule has 0 saturated heterocycles. The standard InChI is InChI=1S/C13H18N2O2S/c1-10-5-3-4-6-11(10)7-15(2)13(17)9-18-8-12(14)16/h3-6H,7-9H2,1-2H3,(H2,14,16). The van der Waals surface area contributed by atoms with Crippen molar-refractivity contribution in [3.05, 3.63) is 35.4 Å². The molecule has 4 nitrogen and oxygen atoms in total. The van der Waals surface area contributed by atoms with E-state index in [1.807, 2.05) is 31.2 Å². The van der Waals surface area contributed by atoms with Crippen LogP contribution in [-0.2, 0) is 16.1 Å². The number of aryl methyl sites for hydroxylation is 1. The van der Waals surface area contributed by atoms with Crippen LogP contribution >= 0.6 is 11.8 Å². The van der Waals surface area contributed by atoms with Gasteiger partial charge in [-0.3, -0.25) is 9.59 Å². The average molecular weight is 266 g/mol. The molecule has 0 saturated carbocycles. The van der Waals surface area contributed by atoms with Gasteiger partial charge in [-0.1, -0.05) is 24.3 Å². The third kappa shape index (κ3) is 4.79. The summed E-state index contributed by atoms with van der Waals surface area (Å²) in [4.78, 5) is 24.0. The Hall–Kier alpha value is -1.49. The number of hydrogen-bond acceptors (Lipinski definition) is 3. The summed E-state index contributed by atoms with van der Waals surface area (Å²) in [7, 11) is 1.76. The average Bonchev–Trinajstić information content (AvgIpc) is 2.31. The van der Waals surface area contributed by atoms with Crippen molar-refractivity contribution in [2.75, 3.05) is 18.6 Å². The first kappa shape index (κ1) is 14.6. The highest BCUT2D eigenvalue weighted by Crippen LogP contribution is 2.10. The Morgan fingerprint density at radius 3 is 2.56 bits per heavy atom. The van der Waals surface area contributed by atoms with Gasteiger partial charge in [0.1, 0.15) is 0 Å². The number of nitrogens with zero attached hydrogens (tertiary/aromatic N) is 1. The van der Waals surface area contributed by atoms with Crippen molar-refractivity contribution >= 4 is 23.6 Å². The third-order valence-electron chi connectivity index (χ3n) is 2.56. The highest BCUT2D eigenvalue weighted by Gasteiger charge is 2.10. The molecule has 1 rings (SSSR count). The maximum atomic E-state index is 11.8. The van der Waals surface area contributed by atoms with E-state index in [4.69, 9.17) is 5.73 Å². The fraction of sp³-hybridized carbons (Fsp3) is 0.385. The van der Waals surface area contributed by atoms with Gasteiger partial charge in [-0.2, -0.15) is 0 Å². The lowest BCUT2D eigenvalue weighted by Gasteiger charge is -2.18. The van der Waals surface area contributed by atoms with Gasteiger partial charge in [-0.15, -0.1) is 11.8 Å². The Bertz CT molecular complexity index is 435. The summed E-state index contributed by atoms with van der Waals surface area (Å²) < 4.78 is 0. The molecule has 98 valence electrons. The van der Waals surface area contributed by atoms with Crippen LogP contribution in [0, 0.1) is 6.92 Å². The van der Waals surface area contributed by atoms with Gasteiger partial charge >= 0.3 is 0 Å². The molecular formula is C13H18N2O2S. The second-order valence-electron chi connectivity index (χ2n) is 4.14. The quantitative estimate of drug-likeness (QED) is 0.840. The Morgan fingerprint density at radius 1 is 1.28 bits per heavy atom. The number of thioether (sulfide) groups is 1. The smallest absolute Gasteiger partial charge is 0.232 e. The van der Waals surface area contributed by atoms with Gasteiger partial charge in [0.2, 0.25) is 11.8 Å². The minimum absolute atomic E-state index is 0.00417. The van der Waals surface area contributed by atoms with E-state index in [9.17, 15) is 9.59 Å². The fourth-order valence-corrected chi connectivity index (χ4v) is 2.18. The van der Waals surface area contributed by atoms with Crippen LogP contribution in [0.1, 0.15) is 11.1 Å². The molecule has 0 unspecified atom stereocenters. The molecule has 0 aliphatic rings. The van der Waals surface area contributed by atoms with Crippen molar-refractivity contribution in [1.82, 2.24) is 4.90 Å². The van der Waals surface area contributed by atoms with Crippen LogP contribution in [0.3, 0.4) is 0 Å². The van der Waals surface area contributed by atoms with E-state index in [2.05, 4.69) is 0 Å². The summed E-state index contributed by atoms with van der Waals surface area (Å²) in [5.41, 5.74) is 7.31. The number of rotatable bonds is 6. The first-order valence-electron chi connectivity index (χ1n) is 5.65. The number of hydrogen-bond donors (Lipinski definition) is 1. The number of nitrogens with two attached hydrogens (primary N) is 1. The van der Waals surface area contributed by atoms with E-state index >= 15 is 0 Å². The molecule has 2 N–H and O–H groups in total. The Labute approximate surface area is 112 Å². The molecule has 5 heteroatoms. The van der Waals surface area contributed by atoms with Crippen molar-refractivity contribution in [3.63, 3.8) is 0 Å². The molecule has 2 amide bonds. The number of carbonyl (C=O) groups is 2. The first-order chi connectivity index (χ1) is 8.50. The second-order valence-corrected chi connectivity index (χ2v) is 5.12. The van der Waals surface area contributed by atoms with Crippen molar-refractivity contribution in [2.24, 2.45) is 5.73 Å². The number of amides is 2. The van der Waals surface area contributed by atoms with Crippen LogP contribution in [0.5, 0.6) is 0 Å². The molecule has 0 radical (unpaired) electrons. The van der Waals surface area contributed by atoms with Gasteiger partial charge in [0, 0.05) is 13.6 Å². The zero-order chi connectivity index (χ0) is 13.5. The van der Waals surface area contributed by atoms with Gasteiger partial charge in [-0.05, 0) is 18.1 Å². The first-order valence-corrected chi connectivity index (χ1v) is 6.80. The van der Waals surface area contributed by atoms with E-state index in [0.29, 0.717) is 6.54 Å². The summed E-state index contributed by atoms with van der Waals surface area (Å²) in [6.07, 6.45) is 0. The van der Waals surface area contributed by atoms with Crippen LogP contribution in [0.25, 0.3) is 0 Å². The van der Waals surface area contributed by atoms with E-state index in [1.54, 1.807) is 11.9 Å². The summed E-state index contributed by atoms with van der Waals surface area (Å²) in [5, 5.41) is 0. The predicted molar refractivity (Wildman–Crippen MR) is 74.2 cm³/mol. The second kappa shape index (κ2) is 7.06. The number of benzene rings is 1. The van der Waals surface area contributed by atoms with Crippen molar-refractivity contribution in [1.29, 1.82) is 0 Å². The molecule has 0 aliphatic carbocycles. The number of carbonyl (C=O) groups excluding carboxylic acids is 2. The predicted octanol–water partition coefficient (Wildman–Crippen LogP) is 1.17. The van der Waals surface area contributed by atoms with E-state index in [1.165, 1.54) is 17.3 Å². The molecule has 0 aliphatic heterocycles. The molecule has 0 fully saturated rings. The molecular weight excluding hydrogens is 248 g/mol. The summed E-state index contributed by atoms with van der Waals surface area (Å²) in [5.74, 6) is 0.0776. The lowest BCUT2D eigenvalue weighted by atomic mass is 10.1. The van der Waals surface area contributed by atoms with Crippen molar-refractivity contribution in [2.45, 2.75) is 13.5 Å². The third-order valence-corrected chi connectivity index (χ3v) is 3.50. The molecule has 1 aromatic carbocycles. The van der Waals surface area contributed by atoms with E-state index in [0.717, 1.165) is 5.56 Å². The molecule has 0 heterocycles. The molecule has 0 bridgehead atoms. The van der Waals surface area contributed by atoms with Crippen LogP contribution in [0.15, 0.2) is 24.3 Å². The largest absolute Gasteiger partial charge is 0.369 e. The van der Waals surface area contributed by atoms with Gasteiger partial charge in [0.15, 0.2) is 0 Å².